The van der Waals surface area contributed by atoms with Gasteiger partial charge in [-0.3, -0.25) is 4.79 Å². The van der Waals surface area contributed by atoms with Gasteiger partial charge < -0.3 is 9.47 Å². The number of alkyl halides is 2. The number of aromatic nitrogens is 3. The Morgan fingerprint density at radius 3 is 2.27 bits per heavy atom. The van der Waals surface area contributed by atoms with Gasteiger partial charge in [0.15, 0.2) is 0 Å². The van der Waals surface area contributed by atoms with Crippen molar-refractivity contribution in [3.63, 3.8) is 0 Å². The number of sulfone groups is 1. The molecule has 1 aliphatic heterocycles. The van der Waals surface area contributed by atoms with Crippen molar-refractivity contribution in [2.24, 2.45) is 7.05 Å². The van der Waals surface area contributed by atoms with E-state index in [-0.39, 0.29) is 0 Å². The van der Waals surface area contributed by atoms with E-state index in [0.29, 0.717) is 13.1 Å². The third-order valence-corrected chi connectivity index (χ3v) is 5.80. The minimum Gasteiger partial charge on any atom is -0.342 e. The molecule has 1 fully saturated rings. The summed E-state index contributed by atoms with van der Waals surface area (Å²) < 4.78 is 51.0. The predicted octanol–water partition coefficient (Wildman–Crippen LogP) is 0.927. The van der Waals surface area contributed by atoms with Crippen LogP contribution in [-0.4, -0.2) is 52.3 Å². The summed E-state index contributed by atoms with van der Waals surface area (Å²) in [6.07, 6.45) is -0.267. The van der Waals surface area contributed by atoms with Crippen LogP contribution in [0.4, 0.5) is 8.78 Å². The minimum atomic E-state index is -4.17. The molecule has 1 saturated heterocycles. The number of hydrogen-bond acceptors (Lipinski definition) is 5. The largest absolute Gasteiger partial charge is 0.342 e. The molecule has 1 aromatic heterocycles. The summed E-state index contributed by atoms with van der Waals surface area (Å²) in [5, 5.41) is 4.54. The van der Waals surface area contributed by atoms with Crippen LogP contribution in [0.25, 0.3) is 0 Å². The average molecular weight is 336 g/mol. The molecule has 0 N–H and O–H groups in total. The summed E-state index contributed by atoms with van der Waals surface area (Å²) in [4.78, 5) is 13.8. The third-order valence-electron chi connectivity index (χ3n) is 3.80. The molecule has 10 heteroatoms. The molecule has 0 spiro atoms. The number of carbonyl (C=O) groups excluding carboxylic acids is 1. The van der Waals surface area contributed by atoms with Crippen LogP contribution in [0.2, 0.25) is 0 Å². The minimum absolute atomic E-state index is 0.514. The lowest BCUT2D eigenvalue weighted by Crippen LogP contribution is -2.44. The van der Waals surface area contributed by atoms with Gasteiger partial charge >= 0.3 is 0 Å². The molecular formula is C12H18F2N4O3S. The molecule has 1 atom stereocenters. The summed E-state index contributed by atoms with van der Waals surface area (Å²) in [6.45, 7) is 2.28. The van der Waals surface area contributed by atoms with Crippen LogP contribution >= 0.6 is 0 Å². The van der Waals surface area contributed by atoms with Gasteiger partial charge in [0.2, 0.25) is 26.7 Å². The number of likely N-dealkylation sites (tertiary alicyclic amines) is 1. The molecule has 0 bridgehead atoms. The molecule has 0 radical (unpaired) electrons. The number of rotatable bonds is 4. The van der Waals surface area contributed by atoms with E-state index in [4.69, 9.17) is 0 Å². The lowest BCUT2D eigenvalue weighted by Gasteiger charge is -2.28. The highest BCUT2D eigenvalue weighted by Gasteiger charge is 2.37. The van der Waals surface area contributed by atoms with Gasteiger partial charge in [0, 0.05) is 20.1 Å². The molecule has 1 aromatic rings. The first-order valence-corrected chi connectivity index (χ1v) is 8.51. The molecule has 0 aliphatic carbocycles. The Labute approximate surface area is 127 Å². The predicted molar refractivity (Wildman–Crippen MR) is 73.0 cm³/mol. The van der Waals surface area contributed by atoms with Gasteiger partial charge in [-0.2, -0.15) is 0 Å². The SMILES string of the molecule is CC(C(=O)N1CCCCC1)S(=O)(=O)c1nnc(C(F)F)n1C. The van der Waals surface area contributed by atoms with Crippen LogP contribution in [0.3, 0.4) is 0 Å². The number of carbonyl (C=O) groups is 1. The molecule has 1 aliphatic rings. The van der Waals surface area contributed by atoms with Gasteiger partial charge in [0.05, 0.1) is 0 Å². The Morgan fingerprint density at radius 1 is 1.18 bits per heavy atom. The van der Waals surface area contributed by atoms with Gasteiger partial charge in [0.1, 0.15) is 5.25 Å². The molecule has 7 nitrogen and oxygen atoms in total. The fourth-order valence-electron chi connectivity index (χ4n) is 2.43. The number of piperidine rings is 1. The number of halogens is 2. The first-order chi connectivity index (χ1) is 10.3. The molecule has 124 valence electrons. The lowest BCUT2D eigenvalue weighted by molar-refractivity contribution is -0.131. The van der Waals surface area contributed by atoms with Crippen molar-refractivity contribution in [3.8, 4) is 0 Å². The highest BCUT2D eigenvalue weighted by molar-refractivity contribution is 7.92. The van der Waals surface area contributed by atoms with Crippen LogP contribution in [-0.2, 0) is 21.7 Å². The average Bonchev–Trinajstić information content (AvgIpc) is 2.89. The summed E-state index contributed by atoms with van der Waals surface area (Å²) >= 11 is 0. The summed E-state index contributed by atoms with van der Waals surface area (Å²) in [7, 11) is -3.02. The Balaban J connectivity index is 2.27. The first-order valence-electron chi connectivity index (χ1n) is 6.97. The lowest BCUT2D eigenvalue weighted by atomic mass is 10.1. The van der Waals surface area contributed by atoms with Crippen molar-refractivity contribution in [1.82, 2.24) is 19.7 Å². The van der Waals surface area contributed by atoms with Crippen molar-refractivity contribution in [1.29, 1.82) is 0 Å². The zero-order chi connectivity index (χ0) is 16.5. The second-order valence-electron chi connectivity index (χ2n) is 5.27. The molecule has 1 unspecified atom stereocenters. The fraction of sp³-hybridized carbons (Fsp3) is 0.750. The van der Waals surface area contributed by atoms with Crippen LogP contribution in [0.5, 0.6) is 0 Å². The van der Waals surface area contributed by atoms with E-state index in [1.54, 1.807) is 0 Å². The van der Waals surface area contributed by atoms with E-state index in [9.17, 15) is 22.0 Å². The van der Waals surface area contributed by atoms with Crippen LogP contribution in [0.1, 0.15) is 38.4 Å². The maximum atomic E-state index is 12.7. The van der Waals surface area contributed by atoms with Gasteiger partial charge in [-0.25, -0.2) is 17.2 Å². The van der Waals surface area contributed by atoms with E-state index in [1.165, 1.54) is 11.8 Å². The Bertz CT molecular complexity index is 653. The summed E-state index contributed by atoms with van der Waals surface area (Å²) in [5.74, 6) is -1.27. The molecule has 2 heterocycles. The smallest absolute Gasteiger partial charge is 0.297 e. The van der Waals surface area contributed by atoms with E-state index < -0.39 is 38.4 Å². The van der Waals surface area contributed by atoms with Crippen molar-refractivity contribution in [3.05, 3.63) is 5.82 Å². The first kappa shape index (κ1) is 16.8. The van der Waals surface area contributed by atoms with E-state index in [1.807, 2.05) is 0 Å². The van der Waals surface area contributed by atoms with Gasteiger partial charge in [-0.05, 0) is 26.2 Å². The van der Waals surface area contributed by atoms with Gasteiger partial charge in [0.25, 0.3) is 6.43 Å². The highest BCUT2D eigenvalue weighted by Crippen LogP contribution is 2.22. The maximum Gasteiger partial charge on any atom is 0.297 e. The second-order valence-corrected chi connectivity index (χ2v) is 7.44. The summed E-state index contributed by atoms with van der Waals surface area (Å²) in [5.41, 5.74) is 0. The van der Waals surface area contributed by atoms with Gasteiger partial charge in [-0.15, -0.1) is 10.2 Å². The zero-order valence-corrected chi connectivity index (χ0v) is 13.2. The van der Waals surface area contributed by atoms with E-state index >= 15 is 0 Å². The van der Waals surface area contributed by atoms with Crippen LogP contribution < -0.4 is 0 Å². The molecule has 22 heavy (non-hydrogen) atoms. The number of amides is 1. The Kier molecular flexibility index (Phi) is 4.78. The maximum absolute atomic E-state index is 12.7. The van der Waals surface area contributed by atoms with Crippen molar-refractivity contribution >= 4 is 15.7 Å². The molecular weight excluding hydrogens is 318 g/mol. The topological polar surface area (TPSA) is 85.2 Å². The van der Waals surface area contributed by atoms with E-state index in [2.05, 4.69) is 10.2 Å². The third kappa shape index (κ3) is 2.96. The monoisotopic (exact) mass is 336 g/mol. The van der Waals surface area contributed by atoms with E-state index in [0.717, 1.165) is 30.9 Å². The fourth-order valence-corrected chi connectivity index (χ4v) is 3.79. The number of nitrogens with zero attached hydrogens (tertiary/aromatic N) is 4. The molecule has 2 rings (SSSR count). The molecule has 1 amide bonds. The van der Waals surface area contributed by atoms with Gasteiger partial charge in [-0.1, -0.05) is 0 Å². The molecule has 0 saturated carbocycles. The molecule has 0 aromatic carbocycles. The highest BCUT2D eigenvalue weighted by atomic mass is 32.2. The number of hydrogen-bond donors (Lipinski definition) is 0. The quantitative estimate of drug-likeness (QED) is 0.816. The summed E-state index contributed by atoms with van der Waals surface area (Å²) in [6, 6.07) is 0. The van der Waals surface area contributed by atoms with Crippen LogP contribution in [0, 0.1) is 0 Å². The van der Waals surface area contributed by atoms with Crippen molar-refractivity contribution < 1.29 is 22.0 Å². The van der Waals surface area contributed by atoms with Crippen LogP contribution in [0.15, 0.2) is 5.16 Å². The normalized spacial score (nSPS) is 17.8. The standard InChI is InChI=1S/C12H18F2N4O3S/c1-8(11(19)18-6-4-3-5-7-18)22(20,21)12-16-15-10(9(13)14)17(12)2/h8-9H,3-7H2,1-2H3. The van der Waals surface area contributed by atoms with Crippen molar-refractivity contribution in [2.75, 3.05) is 13.1 Å². The Hall–Kier alpha value is -1.58. The zero-order valence-electron chi connectivity index (χ0n) is 12.4. The second kappa shape index (κ2) is 6.27. The Morgan fingerprint density at radius 2 is 1.77 bits per heavy atom. The van der Waals surface area contributed by atoms with Crippen molar-refractivity contribution in [2.45, 2.75) is 43.0 Å².